The van der Waals surface area contributed by atoms with E-state index in [2.05, 4.69) is 5.32 Å². The molecule has 1 atom stereocenters. The third-order valence-electron chi connectivity index (χ3n) is 5.99. The minimum atomic E-state index is -0.301. The summed E-state index contributed by atoms with van der Waals surface area (Å²) in [5.41, 5.74) is 2.24. The van der Waals surface area contributed by atoms with Crippen molar-refractivity contribution in [2.24, 2.45) is 0 Å². The van der Waals surface area contributed by atoms with Crippen LogP contribution in [0.25, 0.3) is 0 Å². The number of carbonyl (C=O) groups is 2. The summed E-state index contributed by atoms with van der Waals surface area (Å²) < 4.78 is 22.0. The van der Waals surface area contributed by atoms with Gasteiger partial charge in [0, 0.05) is 28.3 Å². The third-order valence-corrected chi connectivity index (χ3v) is 7.32. The monoisotopic (exact) mass is 506 g/mol. The van der Waals surface area contributed by atoms with Gasteiger partial charge in [-0.25, -0.2) is 0 Å². The number of rotatable bonds is 6. The van der Waals surface area contributed by atoms with Crippen molar-refractivity contribution in [3.05, 3.63) is 66.2 Å². The Bertz CT molecular complexity index is 1300. The van der Waals surface area contributed by atoms with Gasteiger partial charge in [0.2, 0.25) is 11.8 Å². The Hall–Kier alpha value is -3.85. The SMILES string of the molecule is COc1ccc(C2CC(=O)N(CC(=O)Nc3ccc4c(c3)OCCO4)c3ccccc3S2)cc1OC. The highest BCUT2D eigenvalue weighted by Gasteiger charge is 2.31. The standard InChI is InChI=1S/C27H26N2O6S/c1-32-20-9-7-17(13-22(20)33-2)25-15-27(31)29(19-5-3-4-6-24(19)36-25)16-26(30)28-18-8-10-21-23(14-18)35-12-11-34-21/h3-10,13-14,25H,11-12,15-16H2,1-2H3,(H,28,30). The molecule has 1 unspecified atom stereocenters. The highest BCUT2D eigenvalue weighted by molar-refractivity contribution is 7.99. The van der Waals surface area contributed by atoms with Crippen LogP contribution in [0.3, 0.4) is 0 Å². The number of ether oxygens (including phenoxy) is 4. The molecular weight excluding hydrogens is 480 g/mol. The van der Waals surface area contributed by atoms with E-state index in [-0.39, 0.29) is 30.0 Å². The molecule has 0 saturated heterocycles. The van der Waals surface area contributed by atoms with Gasteiger partial charge in [0.1, 0.15) is 19.8 Å². The van der Waals surface area contributed by atoms with Crippen LogP contribution < -0.4 is 29.2 Å². The lowest BCUT2D eigenvalue weighted by atomic mass is 10.1. The van der Waals surface area contributed by atoms with Gasteiger partial charge in [-0.3, -0.25) is 9.59 Å². The van der Waals surface area contributed by atoms with Gasteiger partial charge in [-0.1, -0.05) is 18.2 Å². The number of thioether (sulfide) groups is 1. The Kier molecular flexibility index (Phi) is 6.90. The van der Waals surface area contributed by atoms with Gasteiger partial charge in [-0.2, -0.15) is 0 Å². The number of carbonyl (C=O) groups excluding carboxylic acids is 2. The summed E-state index contributed by atoms with van der Waals surface area (Å²) in [6.45, 7) is 0.851. The van der Waals surface area contributed by atoms with E-state index in [1.807, 2.05) is 42.5 Å². The smallest absolute Gasteiger partial charge is 0.244 e. The number of methoxy groups -OCH3 is 2. The molecule has 0 fully saturated rings. The van der Waals surface area contributed by atoms with Crippen LogP contribution >= 0.6 is 11.8 Å². The fourth-order valence-electron chi connectivity index (χ4n) is 4.26. The molecular formula is C27H26N2O6S. The predicted molar refractivity (Wildman–Crippen MR) is 138 cm³/mol. The van der Waals surface area contributed by atoms with Crippen molar-refractivity contribution in [1.82, 2.24) is 0 Å². The van der Waals surface area contributed by atoms with Crippen LogP contribution in [0.15, 0.2) is 65.6 Å². The normalized spacial score (nSPS) is 16.6. The maximum Gasteiger partial charge on any atom is 0.244 e. The van der Waals surface area contributed by atoms with E-state index in [0.717, 1.165) is 10.5 Å². The Morgan fingerprint density at radius 3 is 2.58 bits per heavy atom. The number of amides is 2. The summed E-state index contributed by atoms with van der Waals surface area (Å²) in [5, 5.41) is 2.73. The first-order valence-corrected chi connectivity index (χ1v) is 12.4. The van der Waals surface area contributed by atoms with E-state index in [9.17, 15) is 9.59 Å². The zero-order valence-electron chi connectivity index (χ0n) is 20.0. The van der Waals surface area contributed by atoms with Crippen LogP contribution in [0.1, 0.15) is 17.2 Å². The Morgan fingerprint density at radius 1 is 1.00 bits per heavy atom. The van der Waals surface area contributed by atoms with Crippen LogP contribution in [0.4, 0.5) is 11.4 Å². The van der Waals surface area contributed by atoms with Crippen molar-refractivity contribution in [3.8, 4) is 23.0 Å². The van der Waals surface area contributed by atoms with Gasteiger partial charge in [0.15, 0.2) is 23.0 Å². The van der Waals surface area contributed by atoms with Crippen molar-refractivity contribution in [1.29, 1.82) is 0 Å². The number of fused-ring (bicyclic) bond motifs is 2. The fraction of sp³-hybridized carbons (Fsp3) is 0.259. The minimum Gasteiger partial charge on any atom is -0.493 e. The molecule has 0 spiro atoms. The topological polar surface area (TPSA) is 86.3 Å². The van der Waals surface area contributed by atoms with Crippen molar-refractivity contribution in [3.63, 3.8) is 0 Å². The summed E-state index contributed by atoms with van der Waals surface area (Å²) in [7, 11) is 3.18. The van der Waals surface area contributed by atoms with Crippen molar-refractivity contribution in [2.75, 3.05) is 44.2 Å². The molecule has 2 aliphatic heterocycles. The van der Waals surface area contributed by atoms with E-state index in [1.165, 1.54) is 0 Å². The highest BCUT2D eigenvalue weighted by Crippen LogP contribution is 2.46. The number of para-hydroxylation sites is 1. The lowest BCUT2D eigenvalue weighted by Gasteiger charge is -2.22. The lowest BCUT2D eigenvalue weighted by molar-refractivity contribution is -0.121. The molecule has 186 valence electrons. The molecule has 2 amide bonds. The average Bonchev–Trinajstić information content (AvgIpc) is 3.04. The molecule has 0 aliphatic carbocycles. The number of benzene rings is 3. The molecule has 3 aromatic carbocycles. The van der Waals surface area contributed by atoms with Gasteiger partial charge in [0.25, 0.3) is 0 Å². The fourth-order valence-corrected chi connectivity index (χ4v) is 5.53. The largest absolute Gasteiger partial charge is 0.493 e. The van der Waals surface area contributed by atoms with E-state index in [0.29, 0.717) is 47.6 Å². The summed E-state index contributed by atoms with van der Waals surface area (Å²) in [5.74, 6) is 2.03. The highest BCUT2D eigenvalue weighted by atomic mass is 32.2. The second kappa shape index (κ2) is 10.4. The Labute approximate surface area is 213 Å². The van der Waals surface area contributed by atoms with Crippen molar-refractivity contribution >= 4 is 35.0 Å². The third kappa shape index (κ3) is 4.92. The van der Waals surface area contributed by atoms with Crippen LogP contribution in [-0.4, -0.2) is 45.8 Å². The number of hydrogen-bond donors (Lipinski definition) is 1. The molecule has 9 heteroatoms. The number of nitrogens with zero attached hydrogens (tertiary/aromatic N) is 1. The van der Waals surface area contributed by atoms with Gasteiger partial charge >= 0.3 is 0 Å². The molecule has 8 nitrogen and oxygen atoms in total. The molecule has 0 radical (unpaired) electrons. The minimum absolute atomic E-state index is 0.108. The molecule has 3 aromatic rings. The molecule has 0 bridgehead atoms. The van der Waals surface area contributed by atoms with Crippen LogP contribution in [0, 0.1) is 0 Å². The molecule has 0 saturated carbocycles. The number of anilines is 2. The van der Waals surface area contributed by atoms with Crippen LogP contribution in [-0.2, 0) is 9.59 Å². The van der Waals surface area contributed by atoms with E-state index in [1.54, 1.807) is 49.1 Å². The first-order chi connectivity index (χ1) is 17.6. The van der Waals surface area contributed by atoms with Gasteiger partial charge in [-0.05, 0) is 42.0 Å². The molecule has 1 N–H and O–H groups in total. The lowest BCUT2D eigenvalue weighted by Crippen LogP contribution is -2.38. The van der Waals surface area contributed by atoms with E-state index < -0.39 is 0 Å². The number of hydrogen-bond acceptors (Lipinski definition) is 7. The van der Waals surface area contributed by atoms with Crippen LogP contribution in [0.2, 0.25) is 0 Å². The van der Waals surface area contributed by atoms with Crippen molar-refractivity contribution < 1.29 is 28.5 Å². The maximum atomic E-state index is 13.5. The molecule has 36 heavy (non-hydrogen) atoms. The average molecular weight is 507 g/mol. The Morgan fingerprint density at radius 2 is 1.78 bits per heavy atom. The van der Waals surface area contributed by atoms with E-state index >= 15 is 0 Å². The quantitative estimate of drug-likeness (QED) is 0.519. The second-order valence-electron chi connectivity index (χ2n) is 8.28. The first kappa shape index (κ1) is 23.9. The van der Waals surface area contributed by atoms with Crippen molar-refractivity contribution in [2.45, 2.75) is 16.6 Å². The first-order valence-electron chi connectivity index (χ1n) is 11.5. The summed E-state index contributed by atoms with van der Waals surface area (Å²) in [4.78, 5) is 28.9. The molecule has 5 rings (SSSR count). The zero-order chi connectivity index (χ0) is 25.1. The van der Waals surface area contributed by atoms with Gasteiger partial charge in [-0.15, -0.1) is 11.8 Å². The Balaban J connectivity index is 1.37. The summed E-state index contributed by atoms with van der Waals surface area (Å²) in [6, 6.07) is 18.6. The zero-order valence-corrected chi connectivity index (χ0v) is 20.8. The summed E-state index contributed by atoms with van der Waals surface area (Å²) in [6.07, 6.45) is 0.228. The second-order valence-corrected chi connectivity index (χ2v) is 9.52. The van der Waals surface area contributed by atoms with E-state index in [4.69, 9.17) is 18.9 Å². The van der Waals surface area contributed by atoms with Gasteiger partial charge < -0.3 is 29.2 Å². The predicted octanol–water partition coefficient (Wildman–Crippen LogP) is 4.68. The molecule has 0 aromatic heterocycles. The molecule has 2 heterocycles. The maximum absolute atomic E-state index is 13.5. The summed E-state index contributed by atoms with van der Waals surface area (Å²) >= 11 is 1.60. The number of nitrogens with one attached hydrogen (secondary N) is 1. The van der Waals surface area contributed by atoms with Gasteiger partial charge in [0.05, 0.1) is 19.9 Å². The molecule has 2 aliphatic rings. The van der Waals surface area contributed by atoms with Crippen LogP contribution in [0.5, 0.6) is 23.0 Å².